The Bertz CT molecular complexity index is 317. The molecule has 14 heavy (non-hydrogen) atoms. The van der Waals surface area contributed by atoms with Gasteiger partial charge in [0.05, 0.1) is 5.69 Å². The molecule has 0 saturated carbocycles. The Morgan fingerprint density at radius 3 is 2.93 bits per heavy atom. The van der Waals surface area contributed by atoms with E-state index in [-0.39, 0.29) is 0 Å². The van der Waals surface area contributed by atoms with Crippen LogP contribution in [0.3, 0.4) is 0 Å². The van der Waals surface area contributed by atoms with Gasteiger partial charge in [-0.1, -0.05) is 11.6 Å². The zero-order chi connectivity index (χ0) is 9.97. The average Bonchev–Trinajstić information content (AvgIpc) is 2.56. The van der Waals surface area contributed by atoms with E-state index in [1.165, 1.54) is 0 Å². The molecule has 0 bridgehead atoms. The van der Waals surface area contributed by atoms with E-state index in [4.69, 9.17) is 17.3 Å². The van der Waals surface area contributed by atoms with Crippen molar-refractivity contribution in [3.05, 3.63) is 23.2 Å². The maximum absolute atomic E-state index is 5.91. The third-order valence-corrected chi connectivity index (χ3v) is 2.72. The van der Waals surface area contributed by atoms with Crippen molar-refractivity contribution in [3.63, 3.8) is 0 Å². The standard InChI is InChI=1S/C9H13ClN4/c10-9-8(12-2-3-13-9)6-14-4-1-7(11)5-14/h2-3,7H,1,4-6,11H2/t7-/m0/s1. The molecule has 5 heteroatoms. The minimum atomic E-state index is 0.297. The van der Waals surface area contributed by atoms with Crippen molar-refractivity contribution in [1.82, 2.24) is 14.9 Å². The third-order valence-electron chi connectivity index (χ3n) is 2.41. The molecule has 1 aliphatic rings. The highest BCUT2D eigenvalue weighted by Crippen LogP contribution is 2.15. The molecule has 0 radical (unpaired) electrons. The van der Waals surface area contributed by atoms with Gasteiger partial charge in [-0.3, -0.25) is 9.88 Å². The molecule has 1 saturated heterocycles. The SMILES string of the molecule is N[C@H]1CCN(Cc2nccnc2Cl)C1. The van der Waals surface area contributed by atoms with Gasteiger partial charge in [0.2, 0.25) is 0 Å². The number of hydrogen-bond acceptors (Lipinski definition) is 4. The zero-order valence-corrected chi connectivity index (χ0v) is 8.61. The molecule has 1 atom stereocenters. The molecule has 0 amide bonds. The fraction of sp³-hybridized carbons (Fsp3) is 0.556. The molecule has 0 aliphatic carbocycles. The lowest BCUT2D eigenvalue weighted by atomic mass is 10.3. The summed E-state index contributed by atoms with van der Waals surface area (Å²) in [5.74, 6) is 0. The van der Waals surface area contributed by atoms with Crippen LogP contribution in [0.25, 0.3) is 0 Å². The number of nitrogens with two attached hydrogens (primary N) is 1. The Hall–Kier alpha value is -0.710. The smallest absolute Gasteiger partial charge is 0.151 e. The Balaban J connectivity index is 2.01. The number of aromatic nitrogens is 2. The van der Waals surface area contributed by atoms with Crippen molar-refractivity contribution >= 4 is 11.6 Å². The quantitative estimate of drug-likeness (QED) is 0.783. The first kappa shape index (κ1) is 9.83. The van der Waals surface area contributed by atoms with E-state index in [1.807, 2.05) is 0 Å². The molecule has 1 aromatic rings. The molecule has 0 aromatic carbocycles. The lowest BCUT2D eigenvalue weighted by Gasteiger charge is -2.14. The summed E-state index contributed by atoms with van der Waals surface area (Å²) >= 11 is 5.91. The second kappa shape index (κ2) is 4.21. The molecule has 2 heterocycles. The van der Waals surface area contributed by atoms with E-state index >= 15 is 0 Å². The number of likely N-dealkylation sites (tertiary alicyclic amines) is 1. The van der Waals surface area contributed by atoms with Crippen LogP contribution in [-0.2, 0) is 6.54 Å². The molecule has 0 spiro atoms. The lowest BCUT2D eigenvalue weighted by molar-refractivity contribution is 0.322. The maximum Gasteiger partial charge on any atom is 0.151 e. The first-order chi connectivity index (χ1) is 6.75. The van der Waals surface area contributed by atoms with Gasteiger partial charge in [-0.15, -0.1) is 0 Å². The van der Waals surface area contributed by atoms with E-state index in [1.54, 1.807) is 12.4 Å². The summed E-state index contributed by atoms with van der Waals surface area (Å²) in [7, 11) is 0. The molecule has 0 unspecified atom stereocenters. The zero-order valence-electron chi connectivity index (χ0n) is 7.86. The molecular weight excluding hydrogens is 200 g/mol. The van der Waals surface area contributed by atoms with Crippen LogP contribution in [0.5, 0.6) is 0 Å². The van der Waals surface area contributed by atoms with E-state index in [2.05, 4.69) is 14.9 Å². The van der Waals surface area contributed by atoms with Crippen molar-refractivity contribution in [2.45, 2.75) is 19.0 Å². The van der Waals surface area contributed by atoms with Crippen molar-refractivity contribution in [2.75, 3.05) is 13.1 Å². The van der Waals surface area contributed by atoms with Crippen LogP contribution in [0.2, 0.25) is 5.15 Å². The van der Waals surface area contributed by atoms with Gasteiger partial charge in [-0.2, -0.15) is 0 Å². The average molecular weight is 213 g/mol. The predicted molar refractivity (Wildman–Crippen MR) is 54.9 cm³/mol. The normalized spacial score (nSPS) is 22.9. The Labute approximate surface area is 88.1 Å². The minimum absolute atomic E-state index is 0.297. The summed E-state index contributed by atoms with van der Waals surface area (Å²) in [4.78, 5) is 10.4. The van der Waals surface area contributed by atoms with Gasteiger partial charge in [-0.05, 0) is 6.42 Å². The fourth-order valence-electron chi connectivity index (χ4n) is 1.67. The highest BCUT2D eigenvalue weighted by molar-refractivity contribution is 6.29. The van der Waals surface area contributed by atoms with Gasteiger partial charge in [0.25, 0.3) is 0 Å². The third kappa shape index (κ3) is 2.20. The van der Waals surface area contributed by atoms with E-state index in [9.17, 15) is 0 Å². The summed E-state index contributed by atoms with van der Waals surface area (Å²) in [6, 6.07) is 0.297. The second-order valence-corrected chi connectivity index (χ2v) is 3.94. The van der Waals surface area contributed by atoms with Crippen LogP contribution < -0.4 is 5.73 Å². The number of hydrogen-bond donors (Lipinski definition) is 1. The van der Waals surface area contributed by atoms with Gasteiger partial charge < -0.3 is 5.73 Å². The number of nitrogens with zero attached hydrogens (tertiary/aromatic N) is 3. The van der Waals surface area contributed by atoms with Crippen LogP contribution >= 0.6 is 11.6 Å². The molecule has 2 N–H and O–H groups in total. The van der Waals surface area contributed by atoms with Crippen LogP contribution in [0.1, 0.15) is 12.1 Å². The highest BCUT2D eigenvalue weighted by atomic mass is 35.5. The number of rotatable bonds is 2. The highest BCUT2D eigenvalue weighted by Gasteiger charge is 2.20. The Morgan fingerprint density at radius 1 is 1.50 bits per heavy atom. The van der Waals surface area contributed by atoms with E-state index < -0.39 is 0 Å². The maximum atomic E-state index is 5.91. The largest absolute Gasteiger partial charge is 0.326 e. The first-order valence-corrected chi connectivity index (χ1v) is 5.07. The van der Waals surface area contributed by atoms with Gasteiger partial charge in [-0.25, -0.2) is 4.98 Å². The Kier molecular flexibility index (Phi) is 2.96. The van der Waals surface area contributed by atoms with Crippen molar-refractivity contribution in [1.29, 1.82) is 0 Å². The van der Waals surface area contributed by atoms with E-state index in [0.717, 1.165) is 31.7 Å². The van der Waals surface area contributed by atoms with Crippen molar-refractivity contribution in [3.8, 4) is 0 Å². The van der Waals surface area contributed by atoms with Crippen LogP contribution in [0, 0.1) is 0 Å². The van der Waals surface area contributed by atoms with Crippen LogP contribution in [0.15, 0.2) is 12.4 Å². The molecule has 76 valence electrons. The molecular formula is C9H13ClN4. The van der Waals surface area contributed by atoms with Crippen LogP contribution in [0.4, 0.5) is 0 Å². The molecule has 1 aromatic heterocycles. The van der Waals surface area contributed by atoms with Crippen LogP contribution in [-0.4, -0.2) is 34.0 Å². The summed E-state index contributed by atoms with van der Waals surface area (Å²) < 4.78 is 0. The lowest BCUT2D eigenvalue weighted by Crippen LogP contribution is -2.26. The van der Waals surface area contributed by atoms with Gasteiger partial charge in [0, 0.05) is 38.1 Å². The second-order valence-electron chi connectivity index (χ2n) is 3.58. The van der Waals surface area contributed by atoms with Gasteiger partial charge in [0.1, 0.15) is 0 Å². The van der Waals surface area contributed by atoms with Crippen molar-refractivity contribution < 1.29 is 0 Å². The molecule has 1 aliphatic heterocycles. The summed E-state index contributed by atoms with van der Waals surface area (Å²) in [5.41, 5.74) is 6.64. The monoisotopic (exact) mass is 212 g/mol. The number of halogens is 1. The summed E-state index contributed by atoms with van der Waals surface area (Å²) in [6.45, 7) is 2.70. The first-order valence-electron chi connectivity index (χ1n) is 4.69. The molecule has 2 rings (SSSR count). The Morgan fingerprint density at radius 2 is 2.29 bits per heavy atom. The minimum Gasteiger partial charge on any atom is -0.326 e. The van der Waals surface area contributed by atoms with Gasteiger partial charge >= 0.3 is 0 Å². The molecule has 4 nitrogen and oxygen atoms in total. The summed E-state index contributed by atoms with van der Waals surface area (Å²) in [5, 5.41) is 0.493. The molecule has 1 fully saturated rings. The fourth-order valence-corrected chi connectivity index (χ4v) is 1.84. The van der Waals surface area contributed by atoms with E-state index in [0.29, 0.717) is 11.2 Å². The summed E-state index contributed by atoms with van der Waals surface area (Å²) in [6.07, 6.45) is 4.32. The topological polar surface area (TPSA) is 55.0 Å². The van der Waals surface area contributed by atoms with Crippen molar-refractivity contribution in [2.24, 2.45) is 5.73 Å². The predicted octanol–water partition coefficient (Wildman–Crippen LogP) is 0.663. The van der Waals surface area contributed by atoms with Gasteiger partial charge in [0.15, 0.2) is 5.15 Å².